The monoisotopic (exact) mass is 400 g/mol. The fourth-order valence-corrected chi connectivity index (χ4v) is 2.88. The van der Waals surface area contributed by atoms with Gasteiger partial charge in [0.2, 0.25) is 5.91 Å². The molecule has 0 radical (unpaired) electrons. The minimum atomic E-state index is -0.536. The Morgan fingerprint density at radius 1 is 1.42 bits per heavy atom. The molecule has 0 saturated carbocycles. The molecule has 0 aromatic heterocycles. The fraction of sp³-hybridized carbons (Fsp3) is 0.529. The number of nitrogens with zero attached hydrogens (tertiary/aromatic N) is 1. The highest BCUT2D eigenvalue weighted by molar-refractivity contribution is 9.10. The summed E-state index contributed by atoms with van der Waals surface area (Å²) in [5.74, 6) is -0.692. The van der Waals surface area contributed by atoms with E-state index in [4.69, 9.17) is 4.74 Å². The number of rotatable bonds is 3. The second-order valence-corrected chi connectivity index (χ2v) is 7.87. The van der Waals surface area contributed by atoms with Gasteiger partial charge in [0.05, 0.1) is 5.69 Å². The fourth-order valence-electron chi connectivity index (χ4n) is 2.55. The van der Waals surface area contributed by atoms with Crippen LogP contribution in [0, 0.1) is 11.7 Å². The highest BCUT2D eigenvalue weighted by atomic mass is 79.9. The van der Waals surface area contributed by atoms with Gasteiger partial charge in [-0.05, 0) is 51.3 Å². The topological polar surface area (TPSA) is 58.6 Å². The third-order valence-electron chi connectivity index (χ3n) is 3.62. The minimum Gasteiger partial charge on any atom is -0.444 e. The number of carbonyl (C=O) groups excluding carboxylic acids is 2. The van der Waals surface area contributed by atoms with Crippen molar-refractivity contribution in [3.63, 3.8) is 0 Å². The van der Waals surface area contributed by atoms with Crippen LogP contribution in [0.15, 0.2) is 22.7 Å². The van der Waals surface area contributed by atoms with E-state index in [0.29, 0.717) is 17.6 Å². The first-order valence-corrected chi connectivity index (χ1v) is 8.66. The molecule has 0 unspecified atom stereocenters. The van der Waals surface area contributed by atoms with Crippen molar-refractivity contribution >= 4 is 33.6 Å². The number of carbonyl (C=O) groups is 2. The lowest BCUT2D eigenvalue weighted by molar-refractivity contribution is -0.117. The summed E-state index contributed by atoms with van der Waals surface area (Å²) in [6.07, 6.45) is 0.619. The van der Waals surface area contributed by atoms with Crippen LogP contribution in [0.1, 0.15) is 33.6 Å². The smallest absolute Gasteiger partial charge is 0.410 e. The molecule has 1 aromatic carbocycles. The maximum absolute atomic E-state index is 13.7. The molecule has 1 atom stereocenters. The number of likely N-dealkylation sites (tertiary alicyclic amines) is 1. The molecule has 1 aromatic rings. The molecule has 0 aliphatic carbocycles. The van der Waals surface area contributed by atoms with Crippen LogP contribution in [0.4, 0.5) is 14.9 Å². The zero-order valence-electron chi connectivity index (χ0n) is 14.1. The summed E-state index contributed by atoms with van der Waals surface area (Å²) in [7, 11) is 0. The number of anilines is 1. The van der Waals surface area contributed by atoms with E-state index < -0.39 is 11.4 Å². The Labute approximate surface area is 149 Å². The van der Waals surface area contributed by atoms with Crippen LogP contribution in [0.25, 0.3) is 0 Å². The minimum absolute atomic E-state index is 0.0519. The van der Waals surface area contributed by atoms with E-state index in [1.54, 1.807) is 11.0 Å². The molecule has 1 aliphatic heterocycles. The van der Waals surface area contributed by atoms with Crippen molar-refractivity contribution in [2.75, 3.05) is 18.4 Å². The van der Waals surface area contributed by atoms with Gasteiger partial charge < -0.3 is 15.0 Å². The molecule has 1 saturated heterocycles. The molecule has 1 heterocycles. The Balaban J connectivity index is 1.84. The van der Waals surface area contributed by atoms with Gasteiger partial charge in [-0.25, -0.2) is 9.18 Å². The molecule has 132 valence electrons. The first kappa shape index (κ1) is 18.7. The van der Waals surface area contributed by atoms with Crippen LogP contribution in [0.5, 0.6) is 0 Å². The Hall–Kier alpha value is -1.63. The number of benzene rings is 1. The van der Waals surface area contributed by atoms with Gasteiger partial charge in [-0.15, -0.1) is 0 Å². The summed E-state index contributed by atoms with van der Waals surface area (Å²) in [5, 5.41) is 2.58. The van der Waals surface area contributed by atoms with Crippen molar-refractivity contribution in [1.29, 1.82) is 0 Å². The Morgan fingerprint density at radius 2 is 2.12 bits per heavy atom. The maximum atomic E-state index is 13.7. The summed E-state index contributed by atoms with van der Waals surface area (Å²) in [6.45, 7) is 6.50. The highest BCUT2D eigenvalue weighted by Gasteiger charge is 2.30. The average Bonchev–Trinajstić information content (AvgIpc) is 2.88. The quantitative estimate of drug-likeness (QED) is 0.827. The maximum Gasteiger partial charge on any atom is 0.410 e. The summed E-state index contributed by atoms with van der Waals surface area (Å²) < 4.78 is 19.7. The molecule has 1 N–H and O–H groups in total. The largest absolute Gasteiger partial charge is 0.444 e. The second kappa shape index (κ2) is 7.51. The van der Waals surface area contributed by atoms with Crippen LogP contribution < -0.4 is 5.32 Å². The molecular formula is C17H22BrFN2O3. The van der Waals surface area contributed by atoms with Gasteiger partial charge in [-0.1, -0.05) is 15.9 Å². The molecule has 0 bridgehead atoms. The van der Waals surface area contributed by atoms with E-state index in [-0.39, 0.29) is 30.0 Å². The van der Waals surface area contributed by atoms with E-state index in [1.165, 1.54) is 12.1 Å². The van der Waals surface area contributed by atoms with Crippen molar-refractivity contribution in [3.05, 3.63) is 28.5 Å². The van der Waals surface area contributed by atoms with Gasteiger partial charge in [0.25, 0.3) is 0 Å². The van der Waals surface area contributed by atoms with Crippen LogP contribution in [0.2, 0.25) is 0 Å². The summed E-state index contributed by atoms with van der Waals surface area (Å²) in [4.78, 5) is 25.7. The van der Waals surface area contributed by atoms with Crippen molar-refractivity contribution < 1.29 is 18.7 Å². The van der Waals surface area contributed by atoms with E-state index >= 15 is 0 Å². The van der Waals surface area contributed by atoms with Gasteiger partial charge in [-0.3, -0.25) is 4.79 Å². The molecule has 2 rings (SSSR count). The van der Waals surface area contributed by atoms with Gasteiger partial charge in [0.1, 0.15) is 11.4 Å². The number of amides is 2. The van der Waals surface area contributed by atoms with Crippen molar-refractivity contribution in [1.82, 2.24) is 4.90 Å². The number of halogens is 2. The first-order valence-electron chi connectivity index (χ1n) is 7.87. The third kappa shape index (κ3) is 5.47. The van der Waals surface area contributed by atoms with Gasteiger partial charge in [0.15, 0.2) is 0 Å². The Kier molecular flexibility index (Phi) is 5.85. The number of nitrogens with one attached hydrogen (secondary N) is 1. The molecule has 5 nitrogen and oxygen atoms in total. The van der Waals surface area contributed by atoms with Gasteiger partial charge in [-0.2, -0.15) is 0 Å². The van der Waals surface area contributed by atoms with Gasteiger partial charge in [0, 0.05) is 24.0 Å². The molecule has 24 heavy (non-hydrogen) atoms. The molecule has 7 heteroatoms. The van der Waals surface area contributed by atoms with E-state index in [2.05, 4.69) is 21.2 Å². The lowest BCUT2D eigenvalue weighted by Crippen LogP contribution is -2.35. The normalized spacial score (nSPS) is 17.7. The third-order valence-corrected chi connectivity index (χ3v) is 4.11. The number of hydrogen-bond acceptors (Lipinski definition) is 3. The average molecular weight is 401 g/mol. The summed E-state index contributed by atoms with van der Waals surface area (Å²) in [5.41, 5.74) is -0.378. The Bertz CT molecular complexity index is 631. The van der Waals surface area contributed by atoms with Crippen molar-refractivity contribution in [2.24, 2.45) is 5.92 Å². The first-order chi connectivity index (χ1) is 11.1. The van der Waals surface area contributed by atoms with Crippen molar-refractivity contribution in [2.45, 2.75) is 39.2 Å². The molecule has 1 fully saturated rings. The standard InChI is InChI=1S/C17H22BrFN2O3/c1-17(2,3)24-16(23)21-7-6-11(10-21)8-15(22)20-14-5-4-12(18)9-13(14)19/h4-5,9,11H,6-8,10H2,1-3H3,(H,20,22)/t11-/m0/s1. The zero-order valence-corrected chi connectivity index (χ0v) is 15.7. The lowest BCUT2D eigenvalue weighted by Gasteiger charge is -2.24. The van der Waals surface area contributed by atoms with E-state index in [1.807, 2.05) is 20.8 Å². The predicted octanol–water partition coefficient (Wildman–Crippen LogP) is 4.17. The summed E-state index contributed by atoms with van der Waals surface area (Å²) >= 11 is 3.17. The van der Waals surface area contributed by atoms with Gasteiger partial charge >= 0.3 is 6.09 Å². The van der Waals surface area contributed by atoms with Crippen LogP contribution in [0.3, 0.4) is 0 Å². The van der Waals surface area contributed by atoms with Crippen LogP contribution in [-0.2, 0) is 9.53 Å². The second-order valence-electron chi connectivity index (χ2n) is 6.96. The lowest BCUT2D eigenvalue weighted by atomic mass is 10.0. The number of hydrogen-bond donors (Lipinski definition) is 1. The molecule has 0 spiro atoms. The molecular weight excluding hydrogens is 379 g/mol. The van der Waals surface area contributed by atoms with E-state index in [9.17, 15) is 14.0 Å². The SMILES string of the molecule is CC(C)(C)OC(=O)N1CC[C@@H](CC(=O)Nc2ccc(Br)cc2F)C1. The molecule has 2 amide bonds. The Morgan fingerprint density at radius 3 is 2.75 bits per heavy atom. The van der Waals surface area contributed by atoms with Crippen molar-refractivity contribution in [3.8, 4) is 0 Å². The zero-order chi connectivity index (χ0) is 17.9. The van der Waals surface area contributed by atoms with Crippen LogP contribution in [-0.4, -0.2) is 35.6 Å². The highest BCUT2D eigenvalue weighted by Crippen LogP contribution is 2.24. The molecule has 1 aliphatic rings. The van der Waals surface area contributed by atoms with E-state index in [0.717, 1.165) is 6.42 Å². The number of ether oxygens (including phenoxy) is 1. The summed E-state index contributed by atoms with van der Waals surface area (Å²) in [6, 6.07) is 4.48. The van der Waals surface area contributed by atoms with Crippen LogP contribution >= 0.6 is 15.9 Å². The predicted molar refractivity (Wildman–Crippen MR) is 93.3 cm³/mol.